The number of halogens is 2. The van der Waals surface area contributed by atoms with E-state index in [0.29, 0.717) is 18.9 Å². The van der Waals surface area contributed by atoms with Crippen LogP contribution >= 0.6 is 24.0 Å². The Balaban J connectivity index is 0.00000288. The summed E-state index contributed by atoms with van der Waals surface area (Å²) in [7, 11) is 3.45. The van der Waals surface area contributed by atoms with Crippen LogP contribution in [-0.4, -0.2) is 44.0 Å². The van der Waals surface area contributed by atoms with Gasteiger partial charge in [0, 0.05) is 40.2 Å². The summed E-state index contributed by atoms with van der Waals surface area (Å²) in [6.45, 7) is 2.40. The molecule has 1 aromatic rings. The van der Waals surface area contributed by atoms with E-state index >= 15 is 0 Å². The van der Waals surface area contributed by atoms with E-state index in [1.54, 1.807) is 26.2 Å². The topological polar surface area (TPSA) is 56.7 Å². The van der Waals surface area contributed by atoms with Gasteiger partial charge in [-0.25, -0.2) is 4.39 Å². The number of hydrogen-bond donors (Lipinski definition) is 2. The Labute approximate surface area is 160 Å². The maximum Gasteiger partial charge on any atom is 0.220 e. The average Bonchev–Trinajstić information content (AvgIpc) is 2.58. The number of amides is 1. The smallest absolute Gasteiger partial charge is 0.220 e. The molecule has 1 heterocycles. The molecule has 24 heavy (non-hydrogen) atoms. The van der Waals surface area contributed by atoms with E-state index in [1.807, 2.05) is 0 Å². The van der Waals surface area contributed by atoms with Gasteiger partial charge in [0.2, 0.25) is 5.91 Å². The van der Waals surface area contributed by atoms with Crippen LogP contribution in [0.25, 0.3) is 0 Å². The van der Waals surface area contributed by atoms with Crippen LogP contribution in [0.1, 0.15) is 24.8 Å². The first-order valence-electron chi connectivity index (χ1n) is 8.03. The number of nitrogens with zero attached hydrogens (tertiary/aromatic N) is 2. The fraction of sp³-hybridized carbons (Fsp3) is 0.529. The molecule has 1 aliphatic heterocycles. The van der Waals surface area contributed by atoms with E-state index in [-0.39, 0.29) is 35.7 Å². The minimum atomic E-state index is -0.226. The van der Waals surface area contributed by atoms with Gasteiger partial charge in [0.25, 0.3) is 0 Å². The lowest BCUT2D eigenvalue weighted by Crippen LogP contribution is -2.45. The van der Waals surface area contributed by atoms with Crippen LogP contribution in [0, 0.1) is 11.7 Å². The van der Waals surface area contributed by atoms with Gasteiger partial charge in [0.15, 0.2) is 5.96 Å². The molecule has 2 rings (SSSR count). The normalized spacial score (nSPS) is 15.6. The van der Waals surface area contributed by atoms with Crippen LogP contribution < -0.4 is 10.6 Å². The second kappa shape index (κ2) is 10.5. The molecular formula is C17H26FIN4O. The third-order valence-electron chi connectivity index (χ3n) is 4.24. The van der Waals surface area contributed by atoms with Crippen LogP contribution in [0.15, 0.2) is 29.3 Å². The van der Waals surface area contributed by atoms with Crippen molar-refractivity contribution in [3.63, 3.8) is 0 Å². The third kappa shape index (κ3) is 6.26. The number of piperidine rings is 1. The summed E-state index contributed by atoms with van der Waals surface area (Å²) in [6, 6.07) is 6.46. The molecule has 0 atom stereocenters. The summed E-state index contributed by atoms with van der Waals surface area (Å²) in [5.41, 5.74) is 1.02. The number of carbonyl (C=O) groups is 1. The number of aliphatic imine (C=N–C) groups is 1. The number of likely N-dealkylation sites (tertiary alicyclic amines) is 1. The summed E-state index contributed by atoms with van der Waals surface area (Å²) < 4.78 is 12.9. The molecule has 1 aliphatic rings. The molecule has 1 amide bonds. The summed E-state index contributed by atoms with van der Waals surface area (Å²) >= 11 is 0. The van der Waals surface area contributed by atoms with Crippen molar-refractivity contribution >= 4 is 35.8 Å². The molecule has 1 saturated heterocycles. The lowest BCUT2D eigenvalue weighted by Gasteiger charge is -2.34. The Bertz CT molecular complexity index is 542. The van der Waals surface area contributed by atoms with Crippen molar-refractivity contribution in [2.24, 2.45) is 10.9 Å². The van der Waals surface area contributed by atoms with Crippen molar-refractivity contribution in [1.29, 1.82) is 0 Å². The summed E-state index contributed by atoms with van der Waals surface area (Å²) in [5.74, 6) is 1.19. The van der Waals surface area contributed by atoms with E-state index in [0.717, 1.165) is 37.5 Å². The van der Waals surface area contributed by atoms with Gasteiger partial charge in [-0.05, 0) is 36.5 Å². The zero-order chi connectivity index (χ0) is 16.7. The van der Waals surface area contributed by atoms with Crippen molar-refractivity contribution in [2.75, 3.05) is 27.2 Å². The number of hydrogen-bond acceptors (Lipinski definition) is 2. The molecular weight excluding hydrogens is 422 g/mol. The zero-order valence-corrected chi connectivity index (χ0v) is 16.5. The van der Waals surface area contributed by atoms with Crippen molar-refractivity contribution in [3.05, 3.63) is 35.6 Å². The van der Waals surface area contributed by atoms with Gasteiger partial charge in [-0.15, -0.1) is 24.0 Å². The van der Waals surface area contributed by atoms with Crippen LogP contribution in [0.5, 0.6) is 0 Å². The Kier molecular flexibility index (Phi) is 9.02. The Hall–Kier alpha value is -1.38. The molecule has 0 bridgehead atoms. The highest BCUT2D eigenvalue weighted by Crippen LogP contribution is 2.20. The second-order valence-corrected chi connectivity index (χ2v) is 5.83. The van der Waals surface area contributed by atoms with E-state index in [2.05, 4.69) is 20.5 Å². The first-order valence-corrected chi connectivity index (χ1v) is 8.03. The fourth-order valence-electron chi connectivity index (χ4n) is 2.83. The summed E-state index contributed by atoms with van der Waals surface area (Å²) in [6.07, 6.45) is 2.58. The number of nitrogens with one attached hydrogen (secondary N) is 2. The van der Waals surface area contributed by atoms with E-state index in [4.69, 9.17) is 0 Å². The van der Waals surface area contributed by atoms with Crippen LogP contribution in [0.2, 0.25) is 0 Å². The first-order chi connectivity index (χ1) is 11.1. The number of rotatable bonds is 4. The first kappa shape index (κ1) is 20.7. The van der Waals surface area contributed by atoms with E-state index < -0.39 is 0 Å². The van der Waals surface area contributed by atoms with E-state index in [1.165, 1.54) is 12.1 Å². The minimum Gasteiger partial charge on any atom is -0.359 e. The molecule has 0 aliphatic carbocycles. The molecule has 7 heteroatoms. The highest BCUT2D eigenvalue weighted by Gasteiger charge is 2.22. The second-order valence-electron chi connectivity index (χ2n) is 5.83. The number of guanidine groups is 1. The highest BCUT2D eigenvalue weighted by atomic mass is 127. The maximum atomic E-state index is 12.9. The minimum absolute atomic E-state index is 0. The predicted molar refractivity (Wildman–Crippen MR) is 105 cm³/mol. The van der Waals surface area contributed by atoms with Crippen LogP contribution in [0.3, 0.4) is 0 Å². The molecule has 0 saturated carbocycles. The van der Waals surface area contributed by atoms with Gasteiger partial charge < -0.3 is 15.5 Å². The van der Waals surface area contributed by atoms with Gasteiger partial charge >= 0.3 is 0 Å². The largest absolute Gasteiger partial charge is 0.359 e. The summed E-state index contributed by atoms with van der Waals surface area (Å²) in [4.78, 5) is 18.0. The standard InChI is InChI=1S/C17H25FN4O.HI/c1-19-16(23)11-13-7-9-22(10-8-13)17(20-2)21-12-14-3-5-15(18)6-4-14;/h3-6,13H,7-12H2,1-2H3,(H,19,23)(H,20,21);1H. The highest BCUT2D eigenvalue weighted by molar-refractivity contribution is 14.0. The quantitative estimate of drug-likeness (QED) is 0.423. The molecule has 0 spiro atoms. The average molecular weight is 448 g/mol. The number of carbonyl (C=O) groups excluding carboxylic acids is 1. The molecule has 0 radical (unpaired) electrons. The molecule has 5 nitrogen and oxygen atoms in total. The Morgan fingerprint density at radius 1 is 1.29 bits per heavy atom. The Morgan fingerprint density at radius 3 is 2.46 bits per heavy atom. The molecule has 0 aromatic heterocycles. The Morgan fingerprint density at radius 2 is 1.92 bits per heavy atom. The predicted octanol–water partition coefficient (Wildman–Crippen LogP) is 2.37. The van der Waals surface area contributed by atoms with Crippen molar-refractivity contribution in [3.8, 4) is 0 Å². The van der Waals surface area contributed by atoms with Gasteiger partial charge in [-0.3, -0.25) is 9.79 Å². The zero-order valence-electron chi connectivity index (χ0n) is 14.2. The lowest BCUT2D eigenvalue weighted by molar-refractivity contribution is -0.121. The van der Waals surface area contributed by atoms with Crippen molar-refractivity contribution < 1.29 is 9.18 Å². The monoisotopic (exact) mass is 448 g/mol. The summed E-state index contributed by atoms with van der Waals surface area (Å²) in [5, 5.41) is 6.00. The van der Waals surface area contributed by atoms with Crippen molar-refractivity contribution in [1.82, 2.24) is 15.5 Å². The van der Waals surface area contributed by atoms with Gasteiger partial charge in [0.05, 0.1) is 0 Å². The number of benzene rings is 1. The molecule has 1 fully saturated rings. The fourth-order valence-corrected chi connectivity index (χ4v) is 2.83. The van der Waals surface area contributed by atoms with Crippen LogP contribution in [0.4, 0.5) is 4.39 Å². The SMILES string of the molecule is CN=C(NCc1ccc(F)cc1)N1CCC(CC(=O)NC)CC1.I. The van der Waals surface area contributed by atoms with Crippen LogP contribution in [-0.2, 0) is 11.3 Å². The van der Waals surface area contributed by atoms with Gasteiger partial charge in [-0.2, -0.15) is 0 Å². The van der Waals surface area contributed by atoms with E-state index in [9.17, 15) is 9.18 Å². The maximum absolute atomic E-state index is 12.9. The van der Waals surface area contributed by atoms with Crippen molar-refractivity contribution in [2.45, 2.75) is 25.8 Å². The molecule has 0 unspecified atom stereocenters. The lowest BCUT2D eigenvalue weighted by atomic mass is 9.93. The molecule has 2 N–H and O–H groups in total. The third-order valence-corrected chi connectivity index (χ3v) is 4.24. The molecule has 134 valence electrons. The van der Waals surface area contributed by atoms with Gasteiger partial charge in [-0.1, -0.05) is 12.1 Å². The molecule has 1 aromatic carbocycles. The van der Waals surface area contributed by atoms with Gasteiger partial charge in [0.1, 0.15) is 5.82 Å².